The molecule has 1 aliphatic heterocycles. The first-order valence-corrected chi connectivity index (χ1v) is 10.7. The highest BCUT2D eigenvalue weighted by molar-refractivity contribution is 5.93. The fraction of sp³-hybridized carbons (Fsp3) is 0.500. The third kappa shape index (κ3) is 6.09. The van der Waals surface area contributed by atoms with Gasteiger partial charge in [-0.1, -0.05) is 6.07 Å². The number of rotatable bonds is 6. The molecule has 1 aromatic heterocycles. The third-order valence-corrected chi connectivity index (χ3v) is 5.54. The van der Waals surface area contributed by atoms with Gasteiger partial charge in [0.2, 0.25) is 5.95 Å². The molecule has 0 atom stereocenters. The highest BCUT2D eigenvalue weighted by Crippen LogP contribution is 2.42. The van der Waals surface area contributed by atoms with Crippen molar-refractivity contribution in [2.24, 2.45) is 0 Å². The van der Waals surface area contributed by atoms with E-state index in [0.717, 1.165) is 37.8 Å². The lowest BCUT2D eigenvalue weighted by atomic mass is 10.1. The Morgan fingerprint density at radius 3 is 2.59 bits per heavy atom. The van der Waals surface area contributed by atoms with Crippen LogP contribution in [0.1, 0.15) is 54.5 Å². The van der Waals surface area contributed by atoms with Gasteiger partial charge in [0.1, 0.15) is 5.75 Å². The van der Waals surface area contributed by atoms with Crippen LogP contribution >= 0.6 is 0 Å². The second-order valence-electron chi connectivity index (χ2n) is 8.38. The molecule has 32 heavy (non-hydrogen) atoms. The quantitative estimate of drug-likeness (QED) is 0.709. The summed E-state index contributed by atoms with van der Waals surface area (Å²) in [5.74, 6) is 0.245. The summed E-state index contributed by atoms with van der Waals surface area (Å²) in [5.41, 5.74) is 1.89. The van der Waals surface area contributed by atoms with Gasteiger partial charge in [-0.15, -0.1) is 13.2 Å². The van der Waals surface area contributed by atoms with Gasteiger partial charge in [-0.3, -0.25) is 9.69 Å². The van der Waals surface area contributed by atoms with Crippen molar-refractivity contribution in [1.82, 2.24) is 19.8 Å². The highest BCUT2D eigenvalue weighted by atomic mass is 19.4. The number of nitrogens with zero attached hydrogens (tertiary/aromatic N) is 4. The zero-order chi connectivity index (χ0) is 22.7. The summed E-state index contributed by atoms with van der Waals surface area (Å²) in [4.78, 5) is 25.0. The molecule has 0 spiro atoms. The van der Waals surface area contributed by atoms with Crippen molar-refractivity contribution in [3.8, 4) is 5.75 Å². The Morgan fingerprint density at radius 2 is 1.91 bits per heavy atom. The minimum atomic E-state index is -4.74. The topological polar surface area (TPSA) is 70.6 Å². The van der Waals surface area contributed by atoms with Gasteiger partial charge in [-0.05, 0) is 68.5 Å². The average Bonchev–Trinajstić information content (AvgIpc) is 3.59. The summed E-state index contributed by atoms with van der Waals surface area (Å²) in [6, 6.07) is 4.69. The van der Waals surface area contributed by atoms with Crippen LogP contribution in [0.5, 0.6) is 5.75 Å². The molecule has 1 N–H and O–H groups in total. The molecule has 1 saturated heterocycles. The van der Waals surface area contributed by atoms with E-state index in [4.69, 9.17) is 0 Å². The van der Waals surface area contributed by atoms with E-state index in [2.05, 4.69) is 24.9 Å². The molecule has 0 bridgehead atoms. The number of anilines is 1. The molecule has 2 fully saturated rings. The average molecular weight is 451 g/mol. The first-order chi connectivity index (χ1) is 15.3. The van der Waals surface area contributed by atoms with Crippen LogP contribution in [-0.2, 0) is 6.54 Å². The van der Waals surface area contributed by atoms with Crippen molar-refractivity contribution in [1.29, 1.82) is 0 Å². The molecule has 1 aliphatic carbocycles. The van der Waals surface area contributed by atoms with E-state index in [1.54, 1.807) is 4.90 Å². The molecule has 1 aromatic carbocycles. The largest absolute Gasteiger partial charge is 0.573 e. The van der Waals surface area contributed by atoms with E-state index in [9.17, 15) is 18.0 Å². The standard InChI is InChI=1S/C22H26F3N5O2.H2/c1-29-6-2-3-7-30(14-29)20(31)18-12-27-21(28-13-18)26-11-15-8-17(16-4-5-16)10-19(9-15)32-22(23,24)25;/h8-10,12-13,16H,2-7,11,14H2,1H3,(H,26,27,28);1H. The Labute approximate surface area is 186 Å². The number of amides is 1. The van der Waals surface area contributed by atoms with Crippen LogP contribution < -0.4 is 10.1 Å². The zero-order valence-electron chi connectivity index (χ0n) is 17.9. The molecule has 2 heterocycles. The Bertz CT molecular complexity index is 954. The lowest BCUT2D eigenvalue weighted by Gasteiger charge is -2.24. The molecule has 0 radical (unpaired) electrons. The van der Waals surface area contributed by atoms with Crippen LogP contribution in [0, 0.1) is 0 Å². The number of carbonyl (C=O) groups excluding carboxylic acids is 1. The second-order valence-corrected chi connectivity index (χ2v) is 8.38. The number of hydrogen-bond acceptors (Lipinski definition) is 6. The normalized spacial score (nSPS) is 17.7. The molecular weight excluding hydrogens is 423 g/mol. The van der Waals surface area contributed by atoms with Crippen molar-refractivity contribution >= 4 is 11.9 Å². The summed E-state index contributed by atoms with van der Waals surface area (Å²) in [6.45, 7) is 2.46. The van der Waals surface area contributed by atoms with E-state index in [1.165, 1.54) is 24.5 Å². The molecule has 2 aliphatic rings. The van der Waals surface area contributed by atoms with Gasteiger partial charge >= 0.3 is 6.36 Å². The van der Waals surface area contributed by atoms with Crippen molar-refractivity contribution < 1.29 is 24.1 Å². The molecule has 4 rings (SSSR count). The second kappa shape index (κ2) is 9.32. The van der Waals surface area contributed by atoms with Crippen molar-refractivity contribution in [3.63, 3.8) is 0 Å². The number of halogens is 3. The van der Waals surface area contributed by atoms with Gasteiger partial charge in [-0.25, -0.2) is 9.97 Å². The minimum Gasteiger partial charge on any atom is -0.406 e. The number of carbonyl (C=O) groups is 1. The van der Waals surface area contributed by atoms with E-state index in [0.29, 0.717) is 30.3 Å². The number of nitrogens with one attached hydrogen (secondary N) is 1. The molecule has 1 saturated carbocycles. The van der Waals surface area contributed by atoms with Gasteiger partial charge < -0.3 is 15.0 Å². The minimum absolute atomic E-state index is 0. The Kier molecular flexibility index (Phi) is 6.50. The SMILES string of the molecule is CN1CCCCN(C(=O)c2cnc(NCc3cc(OC(F)(F)F)cc(C4CC4)c3)nc2)C1.[HH]. The van der Waals surface area contributed by atoms with Crippen LogP contribution in [0.4, 0.5) is 19.1 Å². The van der Waals surface area contributed by atoms with Crippen molar-refractivity contribution in [3.05, 3.63) is 47.3 Å². The maximum atomic E-state index is 12.7. The summed E-state index contributed by atoms with van der Waals surface area (Å²) >= 11 is 0. The summed E-state index contributed by atoms with van der Waals surface area (Å²) in [7, 11) is 1.98. The Hall–Kier alpha value is -2.88. The summed E-state index contributed by atoms with van der Waals surface area (Å²) < 4.78 is 42.1. The van der Waals surface area contributed by atoms with Crippen LogP contribution in [0.25, 0.3) is 0 Å². The van der Waals surface area contributed by atoms with E-state index in [-0.39, 0.29) is 25.5 Å². The first kappa shape index (κ1) is 22.3. The molecule has 174 valence electrons. The van der Waals surface area contributed by atoms with E-state index >= 15 is 0 Å². The van der Waals surface area contributed by atoms with E-state index in [1.807, 2.05) is 13.1 Å². The molecule has 7 nitrogen and oxygen atoms in total. The van der Waals surface area contributed by atoms with Crippen LogP contribution in [0.2, 0.25) is 0 Å². The fourth-order valence-electron chi connectivity index (χ4n) is 3.81. The predicted octanol–water partition coefficient (Wildman–Crippen LogP) is 4.24. The summed E-state index contributed by atoms with van der Waals surface area (Å²) in [6.07, 6.45) is 2.15. The highest BCUT2D eigenvalue weighted by Gasteiger charge is 2.32. The zero-order valence-corrected chi connectivity index (χ0v) is 17.9. The number of benzene rings is 1. The molecular formula is C22H28F3N5O2. The smallest absolute Gasteiger partial charge is 0.406 e. The Balaban J connectivity index is 0.00000306. The molecule has 0 unspecified atom stereocenters. The Morgan fingerprint density at radius 1 is 1.19 bits per heavy atom. The van der Waals surface area contributed by atoms with E-state index < -0.39 is 6.36 Å². The number of alkyl halides is 3. The van der Waals surface area contributed by atoms with Crippen molar-refractivity contribution in [2.75, 3.05) is 32.1 Å². The van der Waals surface area contributed by atoms with Gasteiger partial charge in [0.25, 0.3) is 5.91 Å². The maximum absolute atomic E-state index is 12.7. The lowest BCUT2D eigenvalue weighted by molar-refractivity contribution is -0.274. The lowest BCUT2D eigenvalue weighted by Crippen LogP contribution is -2.38. The van der Waals surface area contributed by atoms with Gasteiger partial charge in [0.15, 0.2) is 0 Å². The molecule has 1 amide bonds. The molecule has 2 aromatic rings. The third-order valence-electron chi connectivity index (χ3n) is 5.54. The monoisotopic (exact) mass is 451 g/mol. The molecule has 10 heteroatoms. The van der Waals surface area contributed by atoms with Crippen LogP contribution in [0.3, 0.4) is 0 Å². The van der Waals surface area contributed by atoms with Gasteiger partial charge in [0, 0.05) is 26.9 Å². The van der Waals surface area contributed by atoms with Gasteiger partial charge in [0.05, 0.1) is 12.2 Å². The fourth-order valence-corrected chi connectivity index (χ4v) is 3.81. The maximum Gasteiger partial charge on any atom is 0.573 e. The number of ether oxygens (including phenoxy) is 1. The van der Waals surface area contributed by atoms with Crippen LogP contribution in [0.15, 0.2) is 30.6 Å². The van der Waals surface area contributed by atoms with Crippen LogP contribution in [-0.4, -0.2) is 58.8 Å². The summed E-state index contributed by atoms with van der Waals surface area (Å²) in [5, 5.41) is 3.01. The number of aromatic nitrogens is 2. The van der Waals surface area contributed by atoms with Crippen molar-refractivity contribution in [2.45, 2.75) is 44.5 Å². The first-order valence-electron chi connectivity index (χ1n) is 10.7. The number of hydrogen-bond donors (Lipinski definition) is 1. The van der Waals surface area contributed by atoms with Gasteiger partial charge in [-0.2, -0.15) is 0 Å². The predicted molar refractivity (Wildman–Crippen MR) is 114 cm³/mol.